The first-order valence-electron chi connectivity index (χ1n) is 8.25. The van der Waals surface area contributed by atoms with Gasteiger partial charge in [-0.2, -0.15) is 0 Å². The van der Waals surface area contributed by atoms with Gasteiger partial charge in [-0.25, -0.2) is 13.8 Å². The predicted octanol–water partition coefficient (Wildman–Crippen LogP) is 3.83. The second-order valence-corrected chi connectivity index (χ2v) is 6.26. The second kappa shape index (κ2) is 7.92. The molecule has 1 unspecified atom stereocenters. The molecule has 1 atom stereocenters. The van der Waals surface area contributed by atoms with Crippen molar-refractivity contribution in [1.82, 2.24) is 4.90 Å². The standard InChI is InChI=1S/C18H26F2N2O2/c1-5-22(3)12-21-16-9-17(23-4)14(8-13(16)2)6-7-24-11-15-10-18(15,19)20/h8-9,12,15H,5-7,10-11H2,1-4H3. The number of alkyl halides is 2. The van der Waals surface area contributed by atoms with E-state index in [4.69, 9.17) is 9.47 Å². The fourth-order valence-electron chi connectivity index (χ4n) is 2.36. The highest BCUT2D eigenvalue weighted by Crippen LogP contribution is 2.48. The largest absolute Gasteiger partial charge is 0.496 e. The van der Waals surface area contributed by atoms with Crippen molar-refractivity contribution in [2.24, 2.45) is 10.9 Å². The van der Waals surface area contributed by atoms with E-state index in [2.05, 4.69) is 11.9 Å². The molecule has 0 amide bonds. The maximum atomic E-state index is 12.8. The van der Waals surface area contributed by atoms with E-state index in [-0.39, 0.29) is 13.0 Å². The molecule has 1 aromatic carbocycles. The summed E-state index contributed by atoms with van der Waals surface area (Å²) in [6.07, 6.45) is 2.37. The van der Waals surface area contributed by atoms with Gasteiger partial charge in [0.1, 0.15) is 5.75 Å². The van der Waals surface area contributed by atoms with Crippen molar-refractivity contribution in [2.45, 2.75) is 32.6 Å². The van der Waals surface area contributed by atoms with Crippen LogP contribution in [0, 0.1) is 12.8 Å². The van der Waals surface area contributed by atoms with Crippen molar-refractivity contribution >= 4 is 12.0 Å². The fraction of sp³-hybridized carbons (Fsp3) is 0.611. The zero-order valence-corrected chi connectivity index (χ0v) is 14.8. The molecule has 0 aliphatic heterocycles. The summed E-state index contributed by atoms with van der Waals surface area (Å²) in [5, 5.41) is 0. The second-order valence-electron chi connectivity index (χ2n) is 6.26. The number of rotatable bonds is 9. The molecule has 0 radical (unpaired) electrons. The molecule has 134 valence electrons. The summed E-state index contributed by atoms with van der Waals surface area (Å²) in [5.41, 5.74) is 2.90. The van der Waals surface area contributed by atoms with Crippen LogP contribution in [0.1, 0.15) is 24.5 Å². The molecule has 0 saturated heterocycles. The molecule has 24 heavy (non-hydrogen) atoms. The molecule has 0 N–H and O–H groups in total. The number of aryl methyl sites for hydroxylation is 1. The van der Waals surface area contributed by atoms with Crippen LogP contribution in [0.5, 0.6) is 5.75 Å². The van der Waals surface area contributed by atoms with E-state index in [0.29, 0.717) is 13.0 Å². The maximum absolute atomic E-state index is 12.8. The molecule has 0 spiro atoms. The van der Waals surface area contributed by atoms with Gasteiger partial charge >= 0.3 is 0 Å². The molecule has 1 aliphatic rings. The Morgan fingerprint density at radius 3 is 2.71 bits per heavy atom. The van der Waals surface area contributed by atoms with E-state index in [1.807, 2.05) is 31.0 Å². The van der Waals surface area contributed by atoms with Gasteiger partial charge in [0.05, 0.1) is 38.3 Å². The minimum atomic E-state index is -2.51. The lowest BCUT2D eigenvalue weighted by molar-refractivity contribution is 0.0557. The average Bonchev–Trinajstić information content (AvgIpc) is 3.17. The lowest BCUT2D eigenvalue weighted by atomic mass is 10.1. The van der Waals surface area contributed by atoms with Crippen LogP contribution in [0.3, 0.4) is 0 Å². The van der Waals surface area contributed by atoms with Gasteiger partial charge in [0.25, 0.3) is 5.92 Å². The van der Waals surface area contributed by atoms with Crippen molar-refractivity contribution in [3.63, 3.8) is 0 Å². The number of methoxy groups -OCH3 is 1. The van der Waals surface area contributed by atoms with Gasteiger partial charge in [-0.15, -0.1) is 0 Å². The highest BCUT2D eigenvalue weighted by Gasteiger charge is 2.56. The van der Waals surface area contributed by atoms with Crippen molar-refractivity contribution < 1.29 is 18.3 Å². The van der Waals surface area contributed by atoms with E-state index < -0.39 is 11.8 Å². The highest BCUT2D eigenvalue weighted by molar-refractivity contribution is 5.64. The molecule has 6 heteroatoms. The summed E-state index contributed by atoms with van der Waals surface area (Å²) in [7, 11) is 3.58. The molecular formula is C18H26F2N2O2. The Hall–Kier alpha value is -1.69. The number of hydrogen-bond donors (Lipinski definition) is 0. The van der Waals surface area contributed by atoms with Gasteiger partial charge in [0.15, 0.2) is 0 Å². The summed E-state index contributed by atoms with van der Waals surface area (Å²) in [5.74, 6) is -2.37. The first-order valence-corrected chi connectivity index (χ1v) is 8.25. The van der Waals surface area contributed by atoms with Crippen molar-refractivity contribution in [3.8, 4) is 5.75 Å². The van der Waals surface area contributed by atoms with Crippen LogP contribution >= 0.6 is 0 Å². The van der Waals surface area contributed by atoms with Crippen molar-refractivity contribution in [3.05, 3.63) is 23.3 Å². The Morgan fingerprint density at radius 1 is 1.42 bits per heavy atom. The molecule has 1 saturated carbocycles. The molecular weight excluding hydrogens is 314 g/mol. The van der Waals surface area contributed by atoms with E-state index in [0.717, 1.165) is 29.1 Å². The van der Waals surface area contributed by atoms with Crippen LogP contribution in [-0.2, 0) is 11.2 Å². The van der Waals surface area contributed by atoms with Crippen LogP contribution in [0.2, 0.25) is 0 Å². The third kappa shape index (κ3) is 4.90. The Morgan fingerprint density at radius 2 is 2.12 bits per heavy atom. The van der Waals surface area contributed by atoms with Crippen LogP contribution < -0.4 is 4.74 Å². The zero-order valence-electron chi connectivity index (χ0n) is 14.8. The molecule has 1 aromatic rings. The molecule has 0 bridgehead atoms. The smallest absolute Gasteiger partial charge is 0.253 e. The number of halogens is 2. The summed E-state index contributed by atoms with van der Waals surface area (Å²) in [4.78, 5) is 6.46. The zero-order chi connectivity index (χ0) is 17.7. The maximum Gasteiger partial charge on any atom is 0.253 e. The van der Waals surface area contributed by atoms with Crippen molar-refractivity contribution in [1.29, 1.82) is 0 Å². The van der Waals surface area contributed by atoms with Gasteiger partial charge in [-0.3, -0.25) is 0 Å². The third-order valence-electron chi connectivity index (χ3n) is 4.28. The lowest BCUT2D eigenvalue weighted by Crippen LogP contribution is -2.14. The molecule has 2 rings (SSSR count). The van der Waals surface area contributed by atoms with Crippen LogP contribution in [0.4, 0.5) is 14.5 Å². The Kier molecular flexibility index (Phi) is 6.15. The quantitative estimate of drug-likeness (QED) is 0.389. The van der Waals surface area contributed by atoms with Gasteiger partial charge in [-0.05, 0) is 31.4 Å². The van der Waals surface area contributed by atoms with E-state index in [9.17, 15) is 8.78 Å². The van der Waals surface area contributed by atoms with Crippen molar-refractivity contribution in [2.75, 3.05) is 33.9 Å². The van der Waals surface area contributed by atoms with Crippen LogP contribution in [0.25, 0.3) is 0 Å². The number of hydrogen-bond acceptors (Lipinski definition) is 3. The van der Waals surface area contributed by atoms with Gasteiger partial charge in [-0.1, -0.05) is 6.07 Å². The minimum Gasteiger partial charge on any atom is -0.496 e. The molecule has 1 fully saturated rings. The molecule has 1 aliphatic carbocycles. The van der Waals surface area contributed by atoms with E-state index in [1.165, 1.54) is 0 Å². The summed E-state index contributed by atoms with van der Waals surface area (Å²) >= 11 is 0. The minimum absolute atomic E-state index is 0.0473. The van der Waals surface area contributed by atoms with Gasteiger partial charge < -0.3 is 14.4 Å². The monoisotopic (exact) mass is 340 g/mol. The Labute approximate surface area is 142 Å². The van der Waals surface area contributed by atoms with Crippen LogP contribution in [0.15, 0.2) is 17.1 Å². The van der Waals surface area contributed by atoms with Gasteiger partial charge in [0.2, 0.25) is 0 Å². The van der Waals surface area contributed by atoms with Crippen LogP contribution in [-0.4, -0.2) is 51.1 Å². The summed E-state index contributed by atoms with van der Waals surface area (Å²) in [6.45, 7) is 5.46. The molecule has 4 nitrogen and oxygen atoms in total. The number of aliphatic imine (C=N–C) groups is 1. The fourth-order valence-corrected chi connectivity index (χ4v) is 2.36. The normalized spacial score (nSPS) is 18.8. The molecule has 0 aromatic heterocycles. The van der Waals surface area contributed by atoms with Gasteiger partial charge in [0, 0.05) is 26.1 Å². The first kappa shape index (κ1) is 18.6. The highest BCUT2D eigenvalue weighted by atomic mass is 19.3. The third-order valence-corrected chi connectivity index (χ3v) is 4.28. The molecule has 0 heterocycles. The Balaban J connectivity index is 1.94. The predicted molar refractivity (Wildman–Crippen MR) is 91.8 cm³/mol. The number of nitrogens with zero attached hydrogens (tertiary/aromatic N) is 2. The summed E-state index contributed by atoms with van der Waals surface area (Å²) < 4.78 is 36.4. The van der Waals surface area contributed by atoms with E-state index in [1.54, 1.807) is 13.4 Å². The average molecular weight is 340 g/mol. The number of benzene rings is 1. The summed E-state index contributed by atoms with van der Waals surface area (Å²) in [6, 6.07) is 3.92. The first-order chi connectivity index (χ1) is 11.4. The Bertz CT molecular complexity index is 591. The number of ether oxygens (including phenoxy) is 2. The SMILES string of the molecule is CCN(C)C=Nc1cc(OC)c(CCOCC2CC2(F)F)cc1C. The topological polar surface area (TPSA) is 34.1 Å². The lowest BCUT2D eigenvalue weighted by Gasteiger charge is -2.13. The van der Waals surface area contributed by atoms with E-state index >= 15 is 0 Å².